The van der Waals surface area contributed by atoms with E-state index in [9.17, 15) is 0 Å². The first-order valence-electron chi connectivity index (χ1n) is 4.22. The molecule has 56 valence electrons. The highest BCUT2D eigenvalue weighted by atomic mass is 14.8. The lowest BCUT2D eigenvalue weighted by Crippen LogP contribution is -2.26. The van der Waals surface area contributed by atoms with Crippen LogP contribution in [0.25, 0.3) is 0 Å². The van der Waals surface area contributed by atoms with Gasteiger partial charge in [0, 0.05) is 11.6 Å². The fourth-order valence-electron chi connectivity index (χ4n) is 2.55. The van der Waals surface area contributed by atoms with Crippen LogP contribution in [-0.4, -0.2) is 12.3 Å². The summed E-state index contributed by atoms with van der Waals surface area (Å²) >= 11 is 0. The van der Waals surface area contributed by atoms with Gasteiger partial charge >= 0.3 is 0 Å². The van der Waals surface area contributed by atoms with Crippen LogP contribution in [0.1, 0.15) is 33.1 Å². The Bertz CT molecular complexity index is 174. The van der Waals surface area contributed by atoms with Crippen molar-refractivity contribution in [1.29, 1.82) is 0 Å². The zero-order valence-electron chi connectivity index (χ0n) is 6.80. The molecule has 0 amide bonds. The summed E-state index contributed by atoms with van der Waals surface area (Å²) in [7, 11) is 0. The molecule has 3 unspecified atom stereocenters. The second kappa shape index (κ2) is 1.84. The van der Waals surface area contributed by atoms with E-state index >= 15 is 0 Å². The molecule has 0 saturated heterocycles. The first-order chi connectivity index (χ1) is 4.68. The van der Waals surface area contributed by atoms with Crippen molar-refractivity contribution in [2.45, 2.75) is 39.2 Å². The Kier molecular flexibility index (Phi) is 1.17. The normalized spacial score (nSPS) is 51.8. The lowest BCUT2D eigenvalue weighted by atomic mass is 9.73. The fraction of sp³-hybridized carbons (Fsp3) is 0.889. The van der Waals surface area contributed by atoms with Crippen LogP contribution in [0.3, 0.4) is 0 Å². The molecule has 2 aliphatic rings. The second-order valence-electron chi connectivity index (χ2n) is 4.34. The molecule has 1 aliphatic heterocycles. The SMILES string of the molecule is CC1CC2CC(C)(C=N2)C1. The Balaban J connectivity index is 2.19. The van der Waals surface area contributed by atoms with Gasteiger partial charge in [-0.15, -0.1) is 0 Å². The predicted molar refractivity (Wildman–Crippen MR) is 43.4 cm³/mol. The molecule has 1 fully saturated rings. The van der Waals surface area contributed by atoms with E-state index in [1.165, 1.54) is 19.3 Å². The third-order valence-corrected chi connectivity index (χ3v) is 2.79. The third-order valence-electron chi connectivity index (χ3n) is 2.79. The summed E-state index contributed by atoms with van der Waals surface area (Å²) in [5, 5.41) is 0. The van der Waals surface area contributed by atoms with Crippen LogP contribution in [0.5, 0.6) is 0 Å². The van der Waals surface area contributed by atoms with Crippen LogP contribution in [0.4, 0.5) is 0 Å². The molecule has 0 radical (unpaired) electrons. The van der Waals surface area contributed by atoms with E-state index in [4.69, 9.17) is 0 Å². The van der Waals surface area contributed by atoms with Crippen molar-refractivity contribution in [2.24, 2.45) is 16.3 Å². The van der Waals surface area contributed by atoms with E-state index < -0.39 is 0 Å². The van der Waals surface area contributed by atoms with Crippen molar-refractivity contribution in [3.63, 3.8) is 0 Å². The molecule has 0 spiro atoms. The summed E-state index contributed by atoms with van der Waals surface area (Å²) < 4.78 is 0. The van der Waals surface area contributed by atoms with Gasteiger partial charge in [-0.2, -0.15) is 0 Å². The summed E-state index contributed by atoms with van der Waals surface area (Å²) in [4.78, 5) is 4.49. The van der Waals surface area contributed by atoms with Gasteiger partial charge in [0.1, 0.15) is 0 Å². The minimum Gasteiger partial charge on any atom is -0.294 e. The van der Waals surface area contributed by atoms with Crippen LogP contribution in [-0.2, 0) is 0 Å². The number of hydrogen-bond donors (Lipinski definition) is 0. The van der Waals surface area contributed by atoms with Crippen LogP contribution >= 0.6 is 0 Å². The number of nitrogens with zero attached hydrogens (tertiary/aromatic N) is 1. The highest BCUT2D eigenvalue weighted by Crippen LogP contribution is 2.42. The number of fused-ring (bicyclic) bond motifs is 2. The van der Waals surface area contributed by atoms with Gasteiger partial charge in [-0.25, -0.2) is 0 Å². The van der Waals surface area contributed by atoms with Gasteiger partial charge in [-0.05, 0) is 25.2 Å². The van der Waals surface area contributed by atoms with E-state index in [1.807, 2.05) is 0 Å². The molecule has 0 N–H and O–H groups in total. The van der Waals surface area contributed by atoms with E-state index in [0.717, 1.165) is 5.92 Å². The van der Waals surface area contributed by atoms with Crippen molar-refractivity contribution < 1.29 is 0 Å². The van der Waals surface area contributed by atoms with Gasteiger partial charge in [-0.1, -0.05) is 13.8 Å². The highest BCUT2D eigenvalue weighted by Gasteiger charge is 2.38. The largest absolute Gasteiger partial charge is 0.294 e. The van der Waals surface area contributed by atoms with Crippen molar-refractivity contribution in [3.8, 4) is 0 Å². The number of hydrogen-bond acceptors (Lipinski definition) is 1. The monoisotopic (exact) mass is 137 g/mol. The average Bonchev–Trinajstić information content (AvgIpc) is 2.06. The molecule has 1 nitrogen and oxygen atoms in total. The second-order valence-corrected chi connectivity index (χ2v) is 4.34. The Morgan fingerprint density at radius 1 is 1.50 bits per heavy atom. The van der Waals surface area contributed by atoms with Gasteiger partial charge in [0.25, 0.3) is 0 Å². The zero-order valence-corrected chi connectivity index (χ0v) is 6.80. The number of rotatable bonds is 0. The smallest absolute Gasteiger partial charge is 0.0507 e. The maximum atomic E-state index is 4.49. The van der Waals surface area contributed by atoms with Crippen molar-refractivity contribution >= 4 is 6.21 Å². The highest BCUT2D eigenvalue weighted by molar-refractivity contribution is 5.68. The molecule has 0 aromatic heterocycles. The molecule has 2 rings (SSSR count). The molecular weight excluding hydrogens is 122 g/mol. The third kappa shape index (κ3) is 0.882. The topological polar surface area (TPSA) is 12.4 Å². The molecule has 3 atom stereocenters. The quantitative estimate of drug-likeness (QED) is 0.485. The minimum atomic E-state index is 0.475. The van der Waals surface area contributed by atoms with Crippen molar-refractivity contribution in [3.05, 3.63) is 0 Å². The van der Waals surface area contributed by atoms with Gasteiger partial charge in [-0.3, -0.25) is 4.99 Å². The van der Waals surface area contributed by atoms with Gasteiger partial charge in [0.15, 0.2) is 0 Å². The van der Waals surface area contributed by atoms with Crippen LogP contribution < -0.4 is 0 Å². The summed E-state index contributed by atoms with van der Waals surface area (Å²) in [6.07, 6.45) is 6.19. The first-order valence-corrected chi connectivity index (χ1v) is 4.22. The summed E-state index contributed by atoms with van der Waals surface area (Å²) in [5.41, 5.74) is 0.475. The number of aliphatic imine (C=N–C) groups is 1. The molecule has 0 aromatic carbocycles. The Hall–Kier alpha value is -0.330. The van der Waals surface area contributed by atoms with Gasteiger partial charge < -0.3 is 0 Å². The van der Waals surface area contributed by atoms with Crippen LogP contribution in [0.2, 0.25) is 0 Å². The Morgan fingerprint density at radius 3 is 3.00 bits per heavy atom. The molecule has 1 heterocycles. The Morgan fingerprint density at radius 2 is 2.30 bits per heavy atom. The van der Waals surface area contributed by atoms with Crippen LogP contribution in [0, 0.1) is 11.3 Å². The zero-order chi connectivity index (χ0) is 7.19. The van der Waals surface area contributed by atoms with E-state index in [1.54, 1.807) is 0 Å². The van der Waals surface area contributed by atoms with E-state index in [0.29, 0.717) is 11.5 Å². The maximum absolute atomic E-state index is 4.49. The van der Waals surface area contributed by atoms with Crippen LogP contribution in [0.15, 0.2) is 4.99 Å². The molecule has 1 saturated carbocycles. The summed E-state index contributed by atoms with van der Waals surface area (Å²) in [6.45, 7) is 4.69. The average molecular weight is 137 g/mol. The molecule has 2 bridgehead atoms. The Labute approximate surface area is 62.5 Å². The lowest BCUT2D eigenvalue weighted by Gasteiger charge is -2.31. The van der Waals surface area contributed by atoms with Gasteiger partial charge in [0.2, 0.25) is 0 Å². The molecule has 1 heteroatoms. The molecule has 0 aromatic rings. The minimum absolute atomic E-state index is 0.475. The first kappa shape index (κ1) is 6.38. The fourth-order valence-corrected chi connectivity index (χ4v) is 2.55. The van der Waals surface area contributed by atoms with E-state index in [2.05, 4.69) is 25.1 Å². The molecule has 10 heavy (non-hydrogen) atoms. The lowest BCUT2D eigenvalue weighted by molar-refractivity contribution is 0.248. The summed E-state index contributed by atoms with van der Waals surface area (Å²) in [5.74, 6) is 0.895. The molecular formula is C9H15N. The van der Waals surface area contributed by atoms with E-state index in [-0.39, 0.29) is 0 Å². The predicted octanol–water partition coefficient (Wildman–Crippen LogP) is 2.27. The standard InChI is InChI=1S/C9H15N/c1-7-3-8-5-9(2,4-7)6-10-8/h6-8H,3-5H2,1-2H3. The van der Waals surface area contributed by atoms with Gasteiger partial charge in [0.05, 0.1) is 6.04 Å². The molecule has 1 aliphatic carbocycles. The summed E-state index contributed by atoms with van der Waals surface area (Å²) in [6, 6.07) is 0.675. The van der Waals surface area contributed by atoms with Crippen molar-refractivity contribution in [1.82, 2.24) is 0 Å². The van der Waals surface area contributed by atoms with Crippen molar-refractivity contribution in [2.75, 3.05) is 0 Å². The maximum Gasteiger partial charge on any atom is 0.0507 e.